The zero-order chi connectivity index (χ0) is 13.6. The zero-order valence-corrected chi connectivity index (χ0v) is 12.5. The average Bonchev–Trinajstić information content (AvgIpc) is 3.26. The minimum Gasteiger partial charge on any atom is -0.316 e. The van der Waals surface area contributed by atoms with Crippen LogP contribution in [0.3, 0.4) is 0 Å². The Bertz CT molecular complexity index is 468. The van der Waals surface area contributed by atoms with E-state index >= 15 is 0 Å². The second-order valence-electron chi connectivity index (χ2n) is 7.24. The fraction of sp³-hybridized carbons (Fsp3) is 0.667. The van der Waals surface area contributed by atoms with Gasteiger partial charge in [0.2, 0.25) is 0 Å². The van der Waals surface area contributed by atoms with Crippen molar-refractivity contribution in [3.8, 4) is 0 Å². The Labute approximate surface area is 122 Å². The van der Waals surface area contributed by atoms with Crippen LogP contribution in [0, 0.1) is 5.41 Å². The third-order valence-corrected chi connectivity index (χ3v) is 5.87. The van der Waals surface area contributed by atoms with Crippen molar-refractivity contribution in [2.45, 2.75) is 50.6 Å². The van der Waals surface area contributed by atoms with Crippen molar-refractivity contribution in [2.75, 3.05) is 19.6 Å². The van der Waals surface area contributed by atoms with E-state index in [1.807, 2.05) is 0 Å². The first-order chi connectivity index (χ1) is 9.78. The van der Waals surface area contributed by atoms with E-state index in [0.29, 0.717) is 11.3 Å². The maximum Gasteiger partial charge on any atom is 0.00994 e. The average molecular weight is 270 g/mol. The van der Waals surface area contributed by atoms with Gasteiger partial charge in [-0.3, -0.25) is 4.90 Å². The first-order valence-electron chi connectivity index (χ1n) is 8.30. The fourth-order valence-corrected chi connectivity index (χ4v) is 4.75. The molecule has 0 aromatic heterocycles. The van der Waals surface area contributed by atoms with Crippen molar-refractivity contribution >= 4 is 0 Å². The first-order valence-corrected chi connectivity index (χ1v) is 8.30. The molecule has 2 aliphatic heterocycles. The van der Waals surface area contributed by atoms with Gasteiger partial charge in [0.25, 0.3) is 0 Å². The van der Waals surface area contributed by atoms with Crippen LogP contribution in [0.25, 0.3) is 0 Å². The Kier molecular flexibility index (Phi) is 3.12. The lowest BCUT2D eigenvalue weighted by molar-refractivity contribution is 0.159. The van der Waals surface area contributed by atoms with Crippen LogP contribution in [0.5, 0.6) is 0 Å². The van der Waals surface area contributed by atoms with Gasteiger partial charge in [0.1, 0.15) is 0 Å². The third kappa shape index (κ3) is 2.10. The van der Waals surface area contributed by atoms with Gasteiger partial charge < -0.3 is 5.32 Å². The van der Waals surface area contributed by atoms with Gasteiger partial charge in [-0.1, -0.05) is 30.3 Å². The van der Waals surface area contributed by atoms with Crippen molar-refractivity contribution in [1.29, 1.82) is 0 Å². The van der Waals surface area contributed by atoms with Crippen LogP contribution in [0.15, 0.2) is 30.3 Å². The van der Waals surface area contributed by atoms with Crippen molar-refractivity contribution in [3.63, 3.8) is 0 Å². The van der Waals surface area contributed by atoms with Crippen LogP contribution >= 0.6 is 0 Å². The molecular formula is C18H26N2. The molecule has 1 aromatic rings. The summed E-state index contributed by atoms with van der Waals surface area (Å²) in [6, 6.07) is 12.9. The summed E-state index contributed by atoms with van der Waals surface area (Å²) < 4.78 is 0. The summed E-state index contributed by atoms with van der Waals surface area (Å²) in [5, 5.41) is 3.64. The maximum atomic E-state index is 3.64. The molecule has 1 aliphatic carbocycles. The van der Waals surface area contributed by atoms with Gasteiger partial charge in [0, 0.05) is 31.1 Å². The second kappa shape index (κ2) is 4.85. The van der Waals surface area contributed by atoms with E-state index in [1.54, 1.807) is 5.56 Å². The van der Waals surface area contributed by atoms with E-state index in [0.717, 1.165) is 18.6 Å². The summed E-state index contributed by atoms with van der Waals surface area (Å²) in [4.78, 5) is 2.82. The largest absolute Gasteiger partial charge is 0.316 e. The second-order valence-corrected chi connectivity index (χ2v) is 7.24. The summed E-state index contributed by atoms with van der Waals surface area (Å²) in [5.74, 6) is 0.698. The summed E-state index contributed by atoms with van der Waals surface area (Å²) in [7, 11) is 0. The molecule has 0 amide bonds. The molecule has 1 aromatic carbocycles. The molecule has 1 saturated carbocycles. The molecule has 2 nitrogen and oxygen atoms in total. The Balaban J connectivity index is 1.64. The summed E-state index contributed by atoms with van der Waals surface area (Å²) >= 11 is 0. The van der Waals surface area contributed by atoms with Gasteiger partial charge in [0.15, 0.2) is 0 Å². The number of hydrogen-bond donors (Lipinski definition) is 1. The van der Waals surface area contributed by atoms with Crippen LogP contribution in [-0.2, 0) is 0 Å². The van der Waals surface area contributed by atoms with Crippen molar-refractivity contribution in [2.24, 2.45) is 5.41 Å². The minimum atomic E-state index is 0.522. The van der Waals surface area contributed by atoms with Gasteiger partial charge >= 0.3 is 0 Å². The zero-order valence-electron chi connectivity index (χ0n) is 12.5. The molecule has 2 heteroatoms. The molecule has 4 rings (SSSR count). The van der Waals surface area contributed by atoms with E-state index in [2.05, 4.69) is 47.5 Å². The molecule has 3 aliphatic rings. The first kappa shape index (κ1) is 12.8. The van der Waals surface area contributed by atoms with Gasteiger partial charge in [0.05, 0.1) is 0 Å². The number of piperidine rings is 1. The quantitative estimate of drug-likeness (QED) is 0.888. The molecule has 108 valence electrons. The van der Waals surface area contributed by atoms with Crippen molar-refractivity contribution in [3.05, 3.63) is 35.9 Å². The molecule has 3 atom stereocenters. The smallest absolute Gasteiger partial charge is 0.00994 e. The predicted molar refractivity (Wildman–Crippen MR) is 82.9 cm³/mol. The summed E-state index contributed by atoms with van der Waals surface area (Å²) in [6.45, 7) is 6.15. The van der Waals surface area contributed by atoms with Gasteiger partial charge in [-0.2, -0.15) is 0 Å². The van der Waals surface area contributed by atoms with E-state index in [-0.39, 0.29) is 0 Å². The number of nitrogens with zero attached hydrogens (tertiary/aromatic N) is 1. The molecule has 1 N–H and O–H groups in total. The number of benzene rings is 1. The molecule has 20 heavy (non-hydrogen) atoms. The standard InChI is InChI=1S/C18H26N2/c1-14-11-18(13-20(14)16-7-8-16)9-10-19-12-17(18)15-5-3-2-4-6-15/h2-6,14,16-17,19H,7-13H2,1H3. The predicted octanol–water partition coefficient (Wildman–Crippen LogP) is 3.01. The third-order valence-electron chi connectivity index (χ3n) is 5.87. The highest BCUT2D eigenvalue weighted by Gasteiger charge is 2.51. The number of hydrogen-bond acceptors (Lipinski definition) is 2. The lowest BCUT2D eigenvalue weighted by Crippen LogP contribution is -2.45. The molecule has 1 spiro atoms. The normalized spacial score (nSPS) is 38.5. The van der Waals surface area contributed by atoms with Crippen molar-refractivity contribution < 1.29 is 0 Å². The molecule has 0 bridgehead atoms. The van der Waals surface area contributed by atoms with E-state index in [4.69, 9.17) is 0 Å². The lowest BCUT2D eigenvalue weighted by atomic mass is 9.66. The topological polar surface area (TPSA) is 15.3 Å². The highest BCUT2D eigenvalue weighted by Crippen LogP contribution is 2.51. The van der Waals surface area contributed by atoms with Crippen LogP contribution in [0.2, 0.25) is 0 Å². The minimum absolute atomic E-state index is 0.522. The molecule has 0 radical (unpaired) electrons. The van der Waals surface area contributed by atoms with Gasteiger partial charge in [-0.05, 0) is 50.1 Å². The van der Waals surface area contributed by atoms with Crippen LogP contribution in [0.4, 0.5) is 0 Å². The maximum absolute atomic E-state index is 3.64. The Hall–Kier alpha value is -0.860. The Morgan fingerprint density at radius 1 is 1.20 bits per heavy atom. The monoisotopic (exact) mass is 270 g/mol. The highest BCUT2D eigenvalue weighted by molar-refractivity contribution is 5.25. The molecule has 3 unspecified atom stereocenters. The number of nitrogens with one attached hydrogen (secondary N) is 1. The Morgan fingerprint density at radius 2 is 2.00 bits per heavy atom. The number of likely N-dealkylation sites (tertiary alicyclic amines) is 1. The van der Waals surface area contributed by atoms with Gasteiger partial charge in [-0.15, -0.1) is 0 Å². The lowest BCUT2D eigenvalue weighted by Gasteiger charge is -2.42. The fourth-order valence-electron chi connectivity index (χ4n) is 4.75. The SMILES string of the molecule is CC1CC2(CCNCC2c2ccccc2)CN1C1CC1. The van der Waals surface area contributed by atoms with E-state index in [1.165, 1.54) is 38.8 Å². The summed E-state index contributed by atoms with van der Waals surface area (Å²) in [6.07, 6.45) is 5.62. The molecule has 3 fully saturated rings. The van der Waals surface area contributed by atoms with Crippen LogP contribution in [0.1, 0.15) is 44.1 Å². The van der Waals surface area contributed by atoms with Crippen LogP contribution in [-0.4, -0.2) is 36.6 Å². The van der Waals surface area contributed by atoms with Crippen LogP contribution < -0.4 is 5.32 Å². The van der Waals surface area contributed by atoms with E-state index in [9.17, 15) is 0 Å². The highest BCUT2D eigenvalue weighted by atomic mass is 15.2. The molecular weight excluding hydrogens is 244 g/mol. The van der Waals surface area contributed by atoms with Crippen molar-refractivity contribution in [1.82, 2.24) is 10.2 Å². The molecule has 2 heterocycles. The van der Waals surface area contributed by atoms with Gasteiger partial charge in [-0.25, -0.2) is 0 Å². The number of rotatable bonds is 2. The van der Waals surface area contributed by atoms with E-state index < -0.39 is 0 Å². The molecule has 2 saturated heterocycles. The summed E-state index contributed by atoms with van der Waals surface area (Å²) in [5.41, 5.74) is 2.07. The Morgan fingerprint density at radius 3 is 2.75 bits per heavy atom.